The normalized spacial score (nSPS) is 21.1. The molecule has 0 aliphatic carbocycles. The van der Waals surface area contributed by atoms with Gasteiger partial charge >= 0.3 is 0 Å². The Hall–Kier alpha value is -1.71. The average Bonchev–Trinajstić information content (AvgIpc) is 2.46. The van der Waals surface area contributed by atoms with Crippen LogP contribution >= 0.6 is 0 Å². The molecule has 2 nitrogen and oxygen atoms in total. The molecule has 0 aromatic heterocycles. The van der Waals surface area contributed by atoms with E-state index in [1.54, 1.807) is 19.1 Å². The van der Waals surface area contributed by atoms with Crippen molar-refractivity contribution in [1.82, 2.24) is 5.32 Å². The van der Waals surface area contributed by atoms with Gasteiger partial charge in [-0.2, -0.15) is 0 Å². The lowest BCUT2D eigenvalue weighted by atomic mass is 9.80. The van der Waals surface area contributed by atoms with E-state index in [4.69, 9.17) is 0 Å². The van der Waals surface area contributed by atoms with Crippen LogP contribution < -0.4 is 5.32 Å². The van der Waals surface area contributed by atoms with Gasteiger partial charge in [0.2, 0.25) is 0 Å². The molecular formula is C17H18FNO. The molecule has 2 aromatic carbocycles. The van der Waals surface area contributed by atoms with Gasteiger partial charge in [0, 0.05) is 0 Å². The summed E-state index contributed by atoms with van der Waals surface area (Å²) in [5, 5.41) is 14.3. The molecule has 0 spiro atoms. The van der Waals surface area contributed by atoms with Crippen LogP contribution in [0.15, 0.2) is 48.5 Å². The third-order valence-electron chi connectivity index (χ3n) is 4.08. The molecule has 104 valence electrons. The fourth-order valence-electron chi connectivity index (χ4n) is 2.98. The molecule has 3 rings (SSSR count). The summed E-state index contributed by atoms with van der Waals surface area (Å²) in [6.07, 6.45) is 0.950. The van der Waals surface area contributed by atoms with Crippen LogP contribution in [0.4, 0.5) is 4.39 Å². The predicted octanol–water partition coefficient (Wildman–Crippen LogP) is 2.92. The summed E-state index contributed by atoms with van der Waals surface area (Å²) in [6, 6.07) is 14.1. The van der Waals surface area contributed by atoms with Gasteiger partial charge in [0.15, 0.2) is 0 Å². The minimum Gasteiger partial charge on any atom is -0.383 e. The van der Waals surface area contributed by atoms with E-state index in [0.717, 1.165) is 18.5 Å². The number of hydrogen-bond acceptors (Lipinski definition) is 2. The molecule has 1 aliphatic heterocycles. The van der Waals surface area contributed by atoms with Crippen LogP contribution in [0.2, 0.25) is 0 Å². The Morgan fingerprint density at radius 1 is 1.20 bits per heavy atom. The van der Waals surface area contributed by atoms with E-state index < -0.39 is 5.60 Å². The largest absolute Gasteiger partial charge is 0.383 e. The van der Waals surface area contributed by atoms with Gasteiger partial charge in [-0.15, -0.1) is 0 Å². The minimum atomic E-state index is -1.15. The molecule has 0 bridgehead atoms. The molecule has 20 heavy (non-hydrogen) atoms. The second-order valence-electron chi connectivity index (χ2n) is 5.49. The lowest BCUT2D eigenvalue weighted by Gasteiger charge is -2.38. The summed E-state index contributed by atoms with van der Waals surface area (Å²) in [5.41, 5.74) is 1.77. The molecule has 1 heterocycles. The van der Waals surface area contributed by atoms with Crippen molar-refractivity contribution in [3.8, 4) is 0 Å². The van der Waals surface area contributed by atoms with Crippen LogP contribution in [0.5, 0.6) is 0 Å². The molecule has 0 fully saturated rings. The molecule has 0 amide bonds. The van der Waals surface area contributed by atoms with Gasteiger partial charge in [0.05, 0.1) is 6.04 Å². The van der Waals surface area contributed by atoms with Gasteiger partial charge in [-0.25, -0.2) is 4.39 Å². The van der Waals surface area contributed by atoms with E-state index in [-0.39, 0.29) is 11.9 Å². The van der Waals surface area contributed by atoms with Gasteiger partial charge in [0.25, 0.3) is 0 Å². The molecule has 2 N–H and O–H groups in total. The SMILES string of the molecule is CC(O)(c1cccc(F)c1)C1NCCc2ccccc21. The summed E-state index contributed by atoms with van der Waals surface area (Å²) in [5.74, 6) is -0.327. The topological polar surface area (TPSA) is 32.3 Å². The summed E-state index contributed by atoms with van der Waals surface area (Å²) in [6.45, 7) is 2.55. The van der Waals surface area contributed by atoms with Gasteiger partial charge < -0.3 is 10.4 Å². The number of hydrogen-bond donors (Lipinski definition) is 2. The number of nitrogens with one attached hydrogen (secondary N) is 1. The van der Waals surface area contributed by atoms with Crippen LogP contribution in [0.25, 0.3) is 0 Å². The van der Waals surface area contributed by atoms with Crippen LogP contribution in [0, 0.1) is 5.82 Å². The second-order valence-corrected chi connectivity index (χ2v) is 5.49. The lowest BCUT2D eigenvalue weighted by Crippen LogP contribution is -2.43. The summed E-state index contributed by atoms with van der Waals surface area (Å²) < 4.78 is 13.4. The van der Waals surface area contributed by atoms with E-state index >= 15 is 0 Å². The number of benzene rings is 2. The molecule has 0 saturated heterocycles. The molecule has 3 heteroatoms. The van der Waals surface area contributed by atoms with Crippen LogP contribution in [0.1, 0.15) is 29.7 Å². The standard InChI is InChI=1S/C17H18FNO/c1-17(20,13-6-4-7-14(18)11-13)16-15-8-3-2-5-12(15)9-10-19-16/h2-8,11,16,19-20H,9-10H2,1H3. The van der Waals surface area contributed by atoms with E-state index in [0.29, 0.717) is 5.56 Å². The maximum Gasteiger partial charge on any atom is 0.123 e. The predicted molar refractivity (Wildman–Crippen MR) is 76.9 cm³/mol. The minimum absolute atomic E-state index is 0.228. The molecule has 2 unspecified atom stereocenters. The highest BCUT2D eigenvalue weighted by atomic mass is 19.1. The highest BCUT2D eigenvalue weighted by Crippen LogP contribution is 2.38. The van der Waals surface area contributed by atoms with Gasteiger partial charge in [-0.1, -0.05) is 36.4 Å². The van der Waals surface area contributed by atoms with Gasteiger partial charge in [0.1, 0.15) is 11.4 Å². The smallest absolute Gasteiger partial charge is 0.123 e. The average molecular weight is 271 g/mol. The van der Waals surface area contributed by atoms with E-state index in [1.165, 1.54) is 17.7 Å². The van der Waals surface area contributed by atoms with Crippen LogP contribution in [-0.4, -0.2) is 11.7 Å². The van der Waals surface area contributed by atoms with Gasteiger partial charge in [-0.05, 0) is 48.7 Å². The molecule has 2 aromatic rings. The highest BCUT2D eigenvalue weighted by molar-refractivity contribution is 5.37. The maximum atomic E-state index is 13.4. The zero-order chi connectivity index (χ0) is 14.2. The molecule has 1 aliphatic rings. The Labute approximate surface area is 118 Å². The quantitative estimate of drug-likeness (QED) is 0.880. The monoisotopic (exact) mass is 271 g/mol. The first-order valence-electron chi connectivity index (χ1n) is 6.88. The number of rotatable bonds is 2. The third-order valence-corrected chi connectivity index (χ3v) is 4.08. The van der Waals surface area contributed by atoms with Crippen molar-refractivity contribution < 1.29 is 9.50 Å². The number of aliphatic hydroxyl groups is 1. The zero-order valence-electron chi connectivity index (χ0n) is 11.4. The van der Waals surface area contributed by atoms with Crippen LogP contribution in [0.3, 0.4) is 0 Å². The first-order valence-corrected chi connectivity index (χ1v) is 6.88. The Bertz CT molecular complexity index is 624. The Morgan fingerprint density at radius 2 is 2.00 bits per heavy atom. The second kappa shape index (κ2) is 5.00. The van der Waals surface area contributed by atoms with Crippen molar-refractivity contribution in [2.75, 3.05) is 6.54 Å². The van der Waals surface area contributed by atoms with E-state index in [2.05, 4.69) is 11.4 Å². The van der Waals surface area contributed by atoms with Crippen molar-refractivity contribution in [1.29, 1.82) is 0 Å². The summed E-state index contributed by atoms with van der Waals surface area (Å²) in [7, 11) is 0. The molecule has 2 atom stereocenters. The van der Waals surface area contributed by atoms with Crippen molar-refractivity contribution in [3.05, 3.63) is 71.0 Å². The number of halogens is 1. The van der Waals surface area contributed by atoms with Crippen molar-refractivity contribution in [3.63, 3.8) is 0 Å². The van der Waals surface area contributed by atoms with E-state index in [9.17, 15) is 9.50 Å². The Kier molecular flexibility index (Phi) is 3.32. The molecule has 0 radical (unpaired) electrons. The molecule has 0 saturated carbocycles. The van der Waals surface area contributed by atoms with E-state index in [1.807, 2.05) is 18.2 Å². The maximum absolute atomic E-state index is 13.4. The fraction of sp³-hybridized carbons (Fsp3) is 0.294. The Balaban J connectivity index is 2.04. The van der Waals surface area contributed by atoms with Crippen LogP contribution in [-0.2, 0) is 12.0 Å². The fourth-order valence-corrected chi connectivity index (χ4v) is 2.98. The van der Waals surface area contributed by atoms with Crippen molar-refractivity contribution >= 4 is 0 Å². The summed E-state index contributed by atoms with van der Waals surface area (Å²) >= 11 is 0. The Morgan fingerprint density at radius 3 is 2.80 bits per heavy atom. The highest BCUT2D eigenvalue weighted by Gasteiger charge is 2.37. The van der Waals surface area contributed by atoms with Gasteiger partial charge in [-0.3, -0.25) is 0 Å². The first-order chi connectivity index (χ1) is 9.59. The lowest BCUT2D eigenvalue weighted by molar-refractivity contribution is 0.0116. The number of fused-ring (bicyclic) bond motifs is 1. The first kappa shape index (κ1) is 13.3. The van der Waals surface area contributed by atoms with Crippen molar-refractivity contribution in [2.24, 2.45) is 0 Å². The zero-order valence-corrected chi connectivity index (χ0v) is 11.4. The summed E-state index contributed by atoms with van der Waals surface area (Å²) in [4.78, 5) is 0. The van der Waals surface area contributed by atoms with Crippen molar-refractivity contribution in [2.45, 2.75) is 25.0 Å². The molecular weight excluding hydrogens is 253 g/mol. The third kappa shape index (κ3) is 2.23.